The monoisotopic (exact) mass is 333 g/mol. The zero-order valence-corrected chi connectivity index (χ0v) is 14.1. The first-order valence-corrected chi connectivity index (χ1v) is 9.66. The maximum absolute atomic E-state index is 14.1. The van der Waals surface area contributed by atoms with Crippen LogP contribution >= 0.6 is 35.1 Å². The van der Waals surface area contributed by atoms with Gasteiger partial charge in [0.2, 0.25) is 0 Å². The molecule has 2 atom stereocenters. The van der Waals surface area contributed by atoms with Gasteiger partial charge in [-0.05, 0) is 31.0 Å². The van der Waals surface area contributed by atoms with Gasteiger partial charge in [0.05, 0.1) is 5.02 Å². The number of rotatable bonds is 6. The molecular weight excluding hydrogens is 313 g/mol. The van der Waals surface area contributed by atoms with Crippen molar-refractivity contribution in [2.24, 2.45) is 0 Å². The third-order valence-electron chi connectivity index (χ3n) is 3.42. The summed E-state index contributed by atoms with van der Waals surface area (Å²) in [5.74, 6) is 3.31. The third-order valence-corrected chi connectivity index (χ3v) is 6.63. The Morgan fingerprint density at radius 3 is 3.00 bits per heavy atom. The molecule has 0 amide bonds. The molecule has 2 rings (SSSR count). The number of benzene rings is 1. The molecule has 1 aromatic rings. The highest BCUT2D eigenvalue weighted by Crippen LogP contribution is 2.29. The second-order valence-electron chi connectivity index (χ2n) is 4.96. The number of nitrogens with one attached hydrogen (secondary N) is 1. The molecule has 0 saturated carbocycles. The van der Waals surface area contributed by atoms with Crippen LogP contribution in [0.1, 0.15) is 18.9 Å². The molecule has 112 valence electrons. The zero-order chi connectivity index (χ0) is 14.4. The Balaban J connectivity index is 2.07. The van der Waals surface area contributed by atoms with Crippen LogP contribution in [-0.4, -0.2) is 35.1 Å². The van der Waals surface area contributed by atoms with Crippen LogP contribution in [0.4, 0.5) is 4.39 Å². The molecule has 1 aliphatic heterocycles. The summed E-state index contributed by atoms with van der Waals surface area (Å²) in [5.41, 5.74) is 0.724. The summed E-state index contributed by atoms with van der Waals surface area (Å²) in [6.07, 6.45) is 1.81. The van der Waals surface area contributed by atoms with Crippen molar-refractivity contribution in [2.75, 3.05) is 23.8 Å². The normalized spacial score (nSPS) is 20.9. The first kappa shape index (κ1) is 16.5. The molecular formula is C15H21ClFNS2. The van der Waals surface area contributed by atoms with Crippen LogP contribution in [0.3, 0.4) is 0 Å². The maximum Gasteiger partial charge on any atom is 0.145 e. The number of thioether (sulfide) groups is 2. The van der Waals surface area contributed by atoms with Crippen molar-refractivity contribution >= 4 is 35.1 Å². The fraction of sp³-hybridized carbons (Fsp3) is 0.600. The minimum atomic E-state index is -0.258. The van der Waals surface area contributed by atoms with E-state index in [1.807, 2.05) is 35.7 Å². The smallest absolute Gasteiger partial charge is 0.145 e. The van der Waals surface area contributed by atoms with E-state index in [9.17, 15) is 4.39 Å². The molecule has 1 aliphatic rings. The molecule has 1 nitrogen and oxygen atoms in total. The summed E-state index contributed by atoms with van der Waals surface area (Å²) in [5, 5.41) is 4.37. The lowest BCUT2D eigenvalue weighted by Gasteiger charge is -2.30. The van der Waals surface area contributed by atoms with E-state index < -0.39 is 0 Å². The first-order valence-electron chi connectivity index (χ1n) is 7.08. The molecule has 0 spiro atoms. The van der Waals surface area contributed by atoms with Crippen molar-refractivity contribution in [1.29, 1.82) is 0 Å². The van der Waals surface area contributed by atoms with Gasteiger partial charge in [-0.1, -0.05) is 30.7 Å². The van der Waals surface area contributed by atoms with Gasteiger partial charge < -0.3 is 5.32 Å². The minimum absolute atomic E-state index is 0.224. The van der Waals surface area contributed by atoms with Crippen molar-refractivity contribution in [3.05, 3.63) is 34.6 Å². The Labute approximate surface area is 134 Å². The molecule has 1 aromatic carbocycles. The summed E-state index contributed by atoms with van der Waals surface area (Å²) in [6, 6.07) is 5.61. The molecule has 1 heterocycles. The first-order chi connectivity index (χ1) is 9.72. The fourth-order valence-electron chi connectivity index (χ4n) is 2.35. The summed E-state index contributed by atoms with van der Waals surface area (Å²) in [4.78, 5) is 0. The predicted molar refractivity (Wildman–Crippen MR) is 90.8 cm³/mol. The maximum atomic E-state index is 14.1. The van der Waals surface area contributed by atoms with Gasteiger partial charge in [0.1, 0.15) is 5.82 Å². The molecule has 1 saturated heterocycles. The van der Waals surface area contributed by atoms with E-state index in [0.29, 0.717) is 17.7 Å². The summed E-state index contributed by atoms with van der Waals surface area (Å²) in [6.45, 7) is 3.14. The number of hydrogen-bond donors (Lipinski definition) is 1. The van der Waals surface area contributed by atoms with Crippen LogP contribution in [0.15, 0.2) is 18.2 Å². The van der Waals surface area contributed by atoms with Gasteiger partial charge in [0, 0.05) is 28.6 Å². The van der Waals surface area contributed by atoms with E-state index in [2.05, 4.69) is 12.2 Å². The van der Waals surface area contributed by atoms with Crippen molar-refractivity contribution in [1.82, 2.24) is 5.32 Å². The molecule has 0 bridgehead atoms. The van der Waals surface area contributed by atoms with E-state index in [1.54, 1.807) is 6.07 Å². The quantitative estimate of drug-likeness (QED) is 0.836. The van der Waals surface area contributed by atoms with E-state index in [-0.39, 0.29) is 10.8 Å². The average molecular weight is 334 g/mol. The van der Waals surface area contributed by atoms with Crippen LogP contribution < -0.4 is 5.32 Å². The zero-order valence-electron chi connectivity index (χ0n) is 11.7. The van der Waals surface area contributed by atoms with Crippen molar-refractivity contribution in [3.8, 4) is 0 Å². The van der Waals surface area contributed by atoms with Crippen molar-refractivity contribution in [2.45, 2.75) is 31.1 Å². The Bertz CT molecular complexity index is 424. The molecule has 0 aromatic heterocycles. The second-order valence-corrected chi connectivity index (χ2v) is 7.87. The summed E-state index contributed by atoms with van der Waals surface area (Å²) >= 11 is 9.90. The lowest BCUT2D eigenvalue weighted by Crippen LogP contribution is -2.43. The van der Waals surface area contributed by atoms with Gasteiger partial charge in [0.25, 0.3) is 0 Å². The topological polar surface area (TPSA) is 12.0 Å². The van der Waals surface area contributed by atoms with Gasteiger partial charge >= 0.3 is 0 Å². The standard InChI is InChI=1S/C15H21ClFNS2/c1-2-6-18-13(14-10-19-7-8-20-14)9-11-4-3-5-12(16)15(11)17/h3-5,13-14,18H,2,6-10H2,1H3. The van der Waals surface area contributed by atoms with Crippen LogP contribution in [-0.2, 0) is 6.42 Å². The van der Waals surface area contributed by atoms with Crippen LogP contribution in [0, 0.1) is 5.82 Å². The van der Waals surface area contributed by atoms with Gasteiger partial charge in [-0.15, -0.1) is 0 Å². The molecule has 5 heteroatoms. The van der Waals surface area contributed by atoms with Crippen molar-refractivity contribution in [3.63, 3.8) is 0 Å². The highest BCUT2D eigenvalue weighted by Gasteiger charge is 2.25. The Kier molecular flexibility index (Phi) is 7.02. The van der Waals surface area contributed by atoms with Crippen LogP contribution in [0.5, 0.6) is 0 Å². The number of halogens is 2. The largest absolute Gasteiger partial charge is 0.313 e. The molecule has 1 fully saturated rings. The van der Waals surface area contributed by atoms with Crippen LogP contribution in [0.2, 0.25) is 5.02 Å². The predicted octanol–water partition coefficient (Wildman–Crippen LogP) is 4.24. The summed E-state index contributed by atoms with van der Waals surface area (Å²) < 4.78 is 14.1. The average Bonchev–Trinajstić information content (AvgIpc) is 2.48. The Morgan fingerprint density at radius 1 is 1.45 bits per heavy atom. The second kappa shape index (κ2) is 8.52. The summed E-state index contributed by atoms with van der Waals surface area (Å²) in [7, 11) is 0. The molecule has 0 radical (unpaired) electrons. The van der Waals surface area contributed by atoms with E-state index in [0.717, 1.165) is 24.3 Å². The van der Waals surface area contributed by atoms with Gasteiger partial charge in [0.15, 0.2) is 0 Å². The molecule has 0 aliphatic carbocycles. The van der Waals surface area contributed by atoms with E-state index >= 15 is 0 Å². The minimum Gasteiger partial charge on any atom is -0.313 e. The fourth-order valence-corrected chi connectivity index (χ4v) is 5.43. The van der Waals surface area contributed by atoms with Gasteiger partial charge in [-0.3, -0.25) is 0 Å². The third kappa shape index (κ3) is 4.55. The lowest BCUT2D eigenvalue weighted by molar-refractivity contribution is 0.493. The lowest BCUT2D eigenvalue weighted by atomic mass is 10.0. The van der Waals surface area contributed by atoms with Gasteiger partial charge in [-0.2, -0.15) is 23.5 Å². The van der Waals surface area contributed by atoms with Gasteiger partial charge in [-0.25, -0.2) is 4.39 Å². The highest BCUT2D eigenvalue weighted by molar-refractivity contribution is 8.06. The van der Waals surface area contributed by atoms with E-state index in [4.69, 9.17) is 11.6 Å². The van der Waals surface area contributed by atoms with Crippen molar-refractivity contribution < 1.29 is 4.39 Å². The molecule has 1 N–H and O–H groups in total. The van der Waals surface area contributed by atoms with E-state index in [1.165, 1.54) is 11.5 Å². The Hall–Kier alpha value is 0.1000. The molecule has 20 heavy (non-hydrogen) atoms. The SMILES string of the molecule is CCCNC(Cc1cccc(Cl)c1F)C1CSCCS1. The highest BCUT2D eigenvalue weighted by atomic mass is 35.5. The molecule has 2 unspecified atom stereocenters. The Morgan fingerprint density at radius 2 is 2.30 bits per heavy atom. The van der Waals surface area contributed by atoms with Crippen LogP contribution in [0.25, 0.3) is 0 Å². The number of hydrogen-bond acceptors (Lipinski definition) is 3.